The fourth-order valence-corrected chi connectivity index (χ4v) is 5.76. The summed E-state index contributed by atoms with van der Waals surface area (Å²) in [5, 5.41) is 1.55. The highest BCUT2D eigenvalue weighted by atomic mass is 32.2. The van der Waals surface area contributed by atoms with Gasteiger partial charge in [0.25, 0.3) is 0 Å². The second-order valence-corrected chi connectivity index (χ2v) is 10.1. The Bertz CT molecular complexity index is 879. The maximum atomic E-state index is 12.1. The zero-order valence-electron chi connectivity index (χ0n) is 14.4. The summed E-state index contributed by atoms with van der Waals surface area (Å²) in [7, 11) is 0. The van der Waals surface area contributed by atoms with Crippen molar-refractivity contribution in [2.45, 2.75) is 32.9 Å². The van der Waals surface area contributed by atoms with E-state index in [2.05, 4.69) is 38.4 Å². The topological polar surface area (TPSA) is 71.5 Å². The summed E-state index contributed by atoms with van der Waals surface area (Å²) in [6, 6.07) is 6.26. The van der Waals surface area contributed by atoms with Gasteiger partial charge in [0.15, 0.2) is 15.3 Å². The highest BCUT2D eigenvalue weighted by Gasteiger charge is 2.10. The first kappa shape index (κ1) is 20.1. The van der Waals surface area contributed by atoms with Crippen LogP contribution in [0.5, 0.6) is 0 Å². The van der Waals surface area contributed by atoms with Gasteiger partial charge < -0.3 is 4.98 Å². The molecule has 138 valence electrons. The predicted octanol–water partition coefficient (Wildman–Crippen LogP) is 5.09. The molecular formula is C16H18N4OS5. The number of nitrogens with one attached hydrogen (secondary N) is 1. The molecule has 0 fully saturated rings. The number of fused-ring (bicyclic) bond motifs is 1. The average molecular weight is 443 g/mol. The molecule has 0 amide bonds. The van der Waals surface area contributed by atoms with Gasteiger partial charge in [0, 0.05) is 4.90 Å². The van der Waals surface area contributed by atoms with Gasteiger partial charge in [-0.25, -0.2) is 9.97 Å². The number of aromatic amines is 1. The van der Waals surface area contributed by atoms with Gasteiger partial charge in [0.05, 0.1) is 22.5 Å². The predicted molar refractivity (Wildman–Crippen MR) is 115 cm³/mol. The standard InChI is InChI=1S/C16H18N4OS5/c1-3-6-23-11-4-5-12-13(7-11)18-14(17-12)24-8-10(21)9-25-16-19-15(22-2)20-26-16/h4-5,7H,3,6,8-9H2,1-2H3,(H,17,18). The van der Waals surface area contributed by atoms with Crippen molar-refractivity contribution in [3.63, 3.8) is 0 Å². The molecule has 2 aromatic heterocycles. The smallest absolute Gasteiger partial charge is 0.200 e. The van der Waals surface area contributed by atoms with Gasteiger partial charge in [0.2, 0.25) is 5.16 Å². The molecule has 2 heterocycles. The van der Waals surface area contributed by atoms with Crippen LogP contribution >= 0.6 is 58.6 Å². The van der Waals surface area contributed by atoms with Crippen molar-refractivity contribution in [3.05, 3.63) is 18.2 Å². The van der Waals surface area contributed by atoms with Crippen LogP contribution in [0.1, 0.15) is 13.3 Å². The molecule has 3 rings (SSSR count). The number of ketones is 1. The normalized spacial score (nSPS) is 11.3. The first-order valence-electron chi connectivity index (χ1n) is 7.95. The number of carbonyl (C=O) groups excluding carboxylic acids is 1. The van der Waals surface area contributed by atoms with Crippen LogP contribution in [-0.2, 0) is 4.79 Å². The van der Waals surface area contributed by atoms with E-state index in [9.17, 15) is 4.79 Å². The summed E-state index contributed by atoms with van der Waals surface area (Å²) in [4.78, 5) is 25.6. The number of benzene rings is 1. The molecule has 3 aromatic rings. The van der Waals surface area contributed by atoms with Crippen LogP contribution in [-0.4, -0.2) is 48.6 Å². The summed E-state index contributed by atoms with van der Waals surface area (Å²) < 4.78 is 5.04. The third kappa shape index (κ3) is 5.66. The molecule has 0 spiro atoms. The summed E-state index contributed by atoms with van der Waals surface area (Å²) in [5.74, 6) is 2.09. The highest BCUT2D eigenvalue weighted by molar-refractivity contribution is 8.02. The number of rotatable bonds is 10. The molecule has 26 heavy (non-hydrogen) atoms. The number of hydrogen-bond acceptors (Lipinski definition) is 9. The van der Waals surface area contributed by atoms with E-state index in [4.69, 9.17) is 0 Å². The van der Waals surface area contributed by atoms with E-state index in [-0.39, 0.29) is 5.78 Å². The molecular weight excluding hydrogens is 425 g/mol. The van der Waals surface area contributed by atoms with Crippen LogP contribution in [0.2, 0.25) is 0 Å². The fourth-order valence-electron chi connectivity index (χ4n) is 2.01. The number of H-pyrrole nitrogens is 1. The number of imidazole rings is 1. The van der Waals surface area contributed by atoms with E-state index >= 15 is 0 Å². The Balaban J connectivity index is 1.51. The van der Waals surface area contributed by atoms with E-state index in [0.717, 1.165) is 37.9 Å². The minimum Gasteiger partial charge on any atom is -0.333 e. The summed E-state index contributed by atoms with van der Waals surface area (Å²) in [6.07, 6.45) is 3.10. The Morgan fingerprint density at radius 2 is 2.04 bits per heavy atom. The van der Waals surface area contributed by atoms with Gasteiger partial charge in [-0.2, -0.15) is 4.37 Å². The Kier molecular flexibility index (Phi) is 7.74. The lowest BCUT2D eigenvalue weighted by atomic mass is 10.3. The molecule has 10 heteroatoms. The summed E-state index contributed by atoms with van der Waals surface area (Å²) >= 11 is 7.60. The van der Waals surface area contributed by atoms with E-state index in [1.54, 1.807) is 0 Å². The number of nitrogens with zero attached hydrogens (tertiary/aromatic N) is 3. The van der Waals surface area contributed by atoms with Crippen molar-refractivity contribution in [1.82, 2.24) is 19.3 Å². The molecule has 5 nitrogen and oxygen atoms in total. The van der Waals surface area contributed by atoms with Crippen LogP contribution in [0, 0.1) is 0 Å². The van der Waals surface area contributed by atoms with Gasteiger partial charge >= 0.3 is 0 Å². The molecule has 0 unspecified atom stereocenters. The maximum Gasteiger partial charge on any atom is 0.200 e. The molecule has 0 saturated carbocycles. The number of thioether (sulfide) groups is 4. The molecule has 0 bridgehead atoms. The number of Topliss-reactive ketones (excluding diaryl/α,β-unsaturated/α-hetero) is 1. The average Bonchev–Trinajstić information content (AvgIpc) is 3.28. The lowest BCUT2D eigenvalue weighted by molar-refractivity contribution is -0.114. The van der Waals surface area contributed by atoms with Crippen LogP contribution in [0.25, 0.3) is 11.0 Å². The largest absolute Gasteiger partial charge is 0.333 e. The number of carbonyl (C=O) groups is 1. The first-order valence-corrected chi connectivity index (χ1v) is 12.9. The zero-order valence-corrected chi connectivity index (χ0v) is 18.4. The first-order chi connectivity index (χ1) is 12.7. The van der Waals surface area contributed by atoms with Crippen molar-refractivity contribution in [2.24, 2.45) is 0 Å². The van der Waals surface area contributed by atoms with Gasteiger partial charge in [-0.1, -0.05) is 42.2 Å². The van der Waals surface area contributed by atoms with Crippen molar-refractivity contribution in [1.29, 1.82) is 0 Å². The lowest BCUT2D eigenvalue weighted by Crippen LogP contribution is -2.04. The fraction of sp³-hybridized carbons (Fsp3) is 0.375. The van der Waals surface area contributed by atoms with Crippen molar-refractivity contribution in [3.8, 4) is 0 Å². The monoisotopic (exact) mass is 442 g/mol. The van der Waals surface area contributed by atoms with Gasteiger partial charge in [-0.05, 0) is 48.2 Å². The highest BCUT2D eigenvalue weighted by Crippen LogP contribution is 2.27. The van der Waals surface area contributed by atoms with Crippen molar-refractivity contribution >= 4 is 75.4 Å². The lowest BCUT2D eigenvalue weighted by Gasteiger charge is -1.98. The van der Waals surface area contributed by atoms with Crippen molar-refractivity contribution < 1.29 is 4.79 Å². The van der Waals surface area contributed by atoms with Crippen LogP contribution in [0.4, 0.5) is 0 Å². The Hall–Kier alpha value is -0.680. The van der Waals surface area contributed by atoms with E-state index in [0.29, 0.717) is 11.5 Å². The van der Waals surface area contributed by atoms with Crippen LogP contribution < -0.4 is 0 Å². The molecule has 1 N–H and O–H groups in total. The van der Waals surface area contributed by atoms with E-state index in [1.807, 2.05) is 24.1 Å². The molecule has 0 radical (unpaired) electrons. The molecule has 0 aliphatic rings. The van der Waals surface area contributed by atoms with E-state index < -0.39 is 0 Å². The van der Waals surface area contributed by atoms with Gasteiger partial charge in [-0.3, -0.25) is 4.79 Å². The maximum absolute atomic E-state index is 12.1. The number of hydrogen-bond donors (Lipinski definition) is 1. The third-order valence-electron chi connectivity index (χ3n) is 3.20. The van der Waals surface area contributed by atoms with Gasteiger partial charge in [0.1, 0.15) is 0 Å². The Morgan fingerprint density at radius 3 is 2.81 bits per heavy atom. The minimum absolute atomic E-state index is 0.167. The molecule has 1 aromatic carbocycles. The quantitative estimate of drug-likeness (QED) is 0.435. The summed E-state index contributed by atoms with van der Waals surface area (Å²) in [6.45, 7) is 2.18. The minimum atomic E-state index is 0.167. The third-order valence-corrected chi connectivity index (χ3v) is 7.89. The van der Waals surface area contributed by atoms with Crippen LogP contribution in [0.15, 0.2) is 37.7 Å². The van der Waals surface area contributed by atoms with E-state index in [1.165, 1.54) is 51.7 Å². The molecule has 0 aliphatic carbocycles. The SMILES string of the molecule is CCCSc1ccc2nc(SCC(=O)CSc3nc(SC)ns3)[nH]c2c1. The zero-order chi connectivity index (χ0) is 18.4. The number of aromatic nitrogens is 4. The second kappa shape index (κ2) is 10.0. The molecule has 0 aliphatic heterocycles. The Morgan fingerprint density at radius 1 is 1.19 bits per heavy atom. The summed E-state index contributed by atoms with van der Waals surface area (Å²) in [5.41, 5.74) is 1.96. The molecule has 0 atom stereocenters. The molecule has 0 saturated heterocycles. The Labute approximate surface area is 173 Å². The second-order valence-electron chi connectivity index (χ2n) is 5.23. The van der Waals surface area contributed by atoms with Crippen LogP contribution in [0.3, 0.4) is 0 Å². The van der Waals surface area contributed by atoms with Crippen molar-refractivity contribution in [2.75, 3.05) is 23.5 Å². The van der Waals surface area contributed by atoms with Gasteiger partial charge in [-0.15, -0.1) is 11.8 Å².